The first-order chi connectivity index (χ1) is 4.92. The fourth-order valence-electron chi connectivity index (χ4n) is 1.58. The first-order valence-corrected chi connectivity index (χ1v) is 3.54. The molecule has 2 fully saturated rings. The van der Waals surface area contributed by atoms with Gasteiger partial charge in [-0.1, -0.05) is 0 Å². The molecule has 3 atom stereocenters. The molecule has 0 bridgehead atoms. The molecule has 3 nitrogen and oxygen atoms in total. The topological polar surface area (TPSA) is 42.2 Å². The molecule has 2 aliphatic heterocycles. The van der Waals surface area contributed by atoms with E-state index in [4.69, 9.17) is 14.7 Å². The number of nitrogens with zero attached hydrogens (tertiary/aromatic N) is 1. The Kier molecular flexibility index (Phi) is 1.37. The zero-order valence-electron chi connectivity index (χ0n) is 5.62. The van der Waals surface area contributed by atoms with Gasteiger partial charge in [0, 0.05) is 6.61 Å². The van der Waals surface area contributed by atoms with Crippen LogP contribution in [0.15, 0.2) is 0 Å². The molecule has 0 aromatic rings. The Morgan fingerprint density at radius 1 is 1.40 bits per heavy atom. The van der Waals surface area contributed by atoms with Crippen LogP contribution in [0.25, 0.3) is 0 Å². The van der Waals surface area contributed by atoms with Crippen LogP contribution in [-0.2, 0) is 9.47 Å². The third-order valence-corrected chi connectivity index (χ3v) is 2.13. The van der Waals surface area contributed by atoms with Crippen molar-refractivity contribution in [1.82, 2.24) is 0 Å². The van der Waals surface area contributed by atoms with Crippen LogP contribution in [-0.4, -0.2) is 25.4 Å². The predicted octanol–water partition coefficient (Wildman–Crippen LogP) is 0.314. The summed E-state index contributed by atoms with van der Waals surface area (Å²) in [6, 6.07) is 2.19. The molecule has 0 amide bonds. The van der Waals surface area contributed by atoms with Gasteiger partial charge in [0.05, 0.1) is 24.7 Å². The Balaban J connectivity index is 2.10. The lowest BCUT2D eigenvalue weighted by atomic mass is 10.0. The SMILES string of the molecule is N#C[C@@H]1CO[C@@H]2CCO[C@H]12. The van der Waals surface area contributed by atoms with Crippen molar-refractivity contribution >= 4 is 0 Å². The average molecular weight is 139 g/mol. The maximum Gasteiger partial charge on any atom is 0.102 e. The summed E-state index contributed by atoms with van der Waals surface area (Å²) in [6.07, 6.45) is 1.25. The minimum atomic E-state index is -0.0208. The fraction of sp³-hybridized carbons (Fsp3) is 0.857. The summed E-state index contributed by atoms with van der Waals surface area (Å²) in [7, 11) is 0. The molecule has 54 valence electrons. The van der Waals surface area contributed by atoms with Crippen LogP contribution >= 0.6 is 0 Å². The van der Waals surface area contributed by atoms with Gasteiger partial charge in [-0.2, -0.15) is 5.26 Å². The third-order valence-electron chi connectivity index (χ3n) is 2.13. The minimum absolute atomic E-state index is 0.0208. The highest BCUT2D eigenvalue weighted by Gasteiger charge is 2.41. The lowest BCUT2D eigenvalue weighted by Crippen LogP contribution is -2.21. The number of nitriles is 1. The lowest BCUT2D eigenvalue weighted by Gasteiger charge is -2.06. The quantitative estimate of drug-likeness (QED) is 0.485. The van der Waals surface area contributed by atoms with Crippen LogP contribution in [0.1, 0.15) is 6.42 Å². The Morgan fingerprint density at radius 2 is 2.30 bits per heavy atom. The lowest BCUT2D eigenvalue weighted by molar-refractivity contribution is 0.0690. The molecule has 3 heteroatoms. The molecular weight excluding hydrogens is 130 g/mol. The van der Waals surface area contributed by atoms with Crippen LogP contribution < -0.4 is 0 Å². The second kappa shape index (κ2) is 2.22. The van der Waals surface area contributed by atoms with Crippen LogP contribution in [0, 0.1) is 17.2 Å². The number of hydrogen-bond donors (Lipinski definition) is 0. The molecule has 10 heavy (non-hydrogen) atoms. The zero-order chi connectivity index (χ0) is 6.97. The monoisotopic (exact) mass is 139 g/mol. The van der Waals surface area contributed by atoms with E-state index in [0.717, 1.165) is 13.0 Å². The summed E-state index contributed by atoms with van der Waals surface area (Å²) < 4.78 is 10.7. The van der Waals surface area contributed by atoms with E-state index in [1.165, 1.54) is 0 Å². The third kappa shape index (κ3) is 0.731. The van der Waals surface area contributed by atoms with Crippen molar-refractivity contribution in [3.8, 4) is 6.07 Å². The highest BCUT2D eigenvalue weighted by molar-refractivity contribution is 4.99. The maximum atomic E-state index is 8.60. The molecule has 2 rings (SSSR count). The summed E-state index contributed by atoms with van der Waals surface area (Å²) >= 11 is 0. The van der Waals surface area contributed by atoms with Crippen LogP contribution in [0.4, 0.5) is 0 Å². The van der Waals surface area contributed by atoms with E-state index in [1.54, 1.807) is 0 Å². The molecule has 0 radical (unpaired) electrons. The second-order valence-corrected chi connectivity index (χ2v) is 2.73. The summed E-state index contributed by atoms with van der Waals surface area (Å²) in [5, 5.41) is 8.60. The molecule has 0 unspecified atom stereocenters. The van der Waals surface area contributed by atoms with E-state index >= 15 is 0 Å². The molecular formula is C7H9NO2. The average Bonchev–Trinajstić information content (AvgIpc) is 2.44. The highest BCUT2D eigenvalue weighted by Crippen LogP contribution is 2.29. The van der Waals surface area contributed by atoms with Crippen LogP contribution in [0.2, 0.25) is 0 Å². The summed E-state index contributed by atoms with van der Waals surface area (Å²) in [5.74, 6) is -0.0208. The molecule has 0 aromatic heterocycles. The van der Waals surface area contributed by atoms with Gasteiger partial charge in [0.25, 0.3) is 0 Å². The second-order valence-electron chi connectivity index (χ2n) is 2.73. The van der Waals surface area contributed by atoms with Crippen molar-refractivity contribution in [2.45, 2.75) is 18.6 Å². The Bertz CT molecular complexity index is 175. The van der Waals surface area contributed by atoms with Crippen molar-refractivity contribution < 1.29 is 9.47 Å². The van der Waals surface area contributed by atoms with Gasteiger partial charge >= 0.3 is 0 Å². The normalized spacial score (nSPS) is 44.9. The molecule has 0 aliphatic carbocycles. The van der Waals surface area contributed by atoms with Crippen molar-refractivity contribution in [1.29, 1.82) is 5.26 Å². The largest absolute Gasteiger partial charge is 0.374 e. The van der Waals surface area contributed by atoms with Crippen LogP contribution in [0.3, 0.4) is 0 Å². The summed E-state index contributed by atoms with van der Waals surface area (Å²) in [5.41, 5.74) is 0. The highest BCUT2D eigenvalue weighted by atomic mass is 16.6. The minimum Gasteiger partial charge on any atom is -0.374 e. The van der Waals surface area contributed by atoms with Gasteiger partial charge in [0.1, 0.15) is 6.10 Å². The molecule has 0 spiro atoms. The predicted molar refractivity (Wildman–Crippen MR) is 33.2 cm³/mol. The van der Waals surface area contributed by atoms with Gasteiger partial charge in [0.15, 0.2) is 0 Å². The number of hydrogen-bond acceptors (Lipinski definition) is 3. The van der Waals surface area contributed by atoms with Crippen LogP contribution in [0.5, 0.6) is 0 Å². The first kappa shape index (κ1) is 6.14. The molecule has 2 heterocycles. The van der Waals surface area contributed by atoms with Gasteiger partial charge in [-0.05, 0) is 6.42 Å². The standard InChI is InChI=1S/C7H9NO2/c8-3-5-4-10-6-1-2-9-7(5)6/h5-7H,1-2,4H2/t5-,6-,7-/m1/s1. The first-order valence-electron chi connectivity index (χ1n) is 3.54. The maximum absolute atomic E-state index is 8.60. The molecule has 0 N–H and O–H groups in total. The Hall–Kier alpha value is -0.590. The van der Waals surface area contributed by atoms with E-state index in [-0.39, 0.29) is 18.1 Å². The van der Waals surface area contributed by atoms with Gasteiger partial charge in [0.2, 0.25) is 0 Å². The number of ether oxygens (including phenoxy) is 2. The molecule has 0 saturated carbocycles. The Morgan fingerprint density at radius 3 is 3.10 bits per heavy atom. The summed E-state index contributed by atoms with van der Waals surface area (Å²) in [4.78, 5) is 0. The smallest absolute Gasteiger partial charge is 0.102 e. The van der Waals surface area contributed by atoms with E-state index in [0.29, 0.717) is 6.61 Å². The van der Waals surface area contributed by atoms with Gasteiger partial charge in [-0.25, -0.2) is 0 Å². The van der Waals surface area contributed by atoms with E-state index < -0.39 is 0 Å². The van der Waals surface area contributed by atoms with Gasteiger partial charge < -0.3 is 9.47 Å². The number of fused-ring (bicyclic) bond motifs is 1. The molecule has 2 aliphatic rings. The zero-order valence-corrected chi connectivity index (χ0v) is 5.62. The summed E-state index contributed by atoms with van der Waals surface area (Å²) in [6.45, 7) is 1.32. The van der Waals surface area contributed by atoms with E-state index in [1.807, 2.05) is 0 Å². The van der Waals surface area contributed by atoms with E-state index in [9.17, 15) is 0 Å². The van der Waals surface area contributed by atoms with Gasteiger partial charge in [-0.3, -0.25) is 0 Å². The van der Waals surface area contributed by atoms with Crippen molar-refractivity contribution in [2.75, 3.05) is 13.2 Å². The number of rotatable bonds is 0. The molecule has 0 aromatic carbocycles. The molecule has 2 saturated heterocycles. The van der Waals surface area contributed by atoms with E-state index in [2.05, 4.69) is 6.07 Å². The Labute approximate surface area is 59.5 Å². The van der Waals surface area contributed by atoms with Crippen molar-refractivity contribution in [2.24, 2.45) is 5.92 Å². The van der Waals surface area contributed by atoms with Gasteiger partial charge in [-0.15, -0.1) is 0 Å². The fourth-order valence-corrected chi connectivity index (χ4v) is 1.58. The van der Waals surface area contributed by atoms with Crippen molar-refractivity contribution in [3.63, 3.8) is 0 Å². The van der Waals surface area contributed by atoms with Crippen molar-refractivity contribution in [3.05, 3.63) is 0 Å².